The van der Waals surface area contributed by atoms with Gasteiger partial charge in [-0.15, -0.1) is 0 Å². The standard InChI is InChI=1S/C20H20O2/c1-14(2)20(21)22-13-7-12-19-17-10-5-3-8-15(17)16-9-4-6-11-18(16)19/h3-6,8-11,19H,1,7,12-13H2,2H3. The fourth-order valence-corrected chi connectivity index (χ4v) is 3.15. The molecule has 1 aliphatic carbocycles. The molecule has 2 aromatic rings. The van der Waals surface area contributed by atoms with Crippen molar-refractivity contribution < 1.29 is 9.53 Å². The lowest BCUT2D eigenvalue weighted by Crippen LogP contribution is -2.07. The normalized spacial score (nSPS) is 12.6. The van der Waals surface area contributed by atoms with Crippen molar-refractivity contribution in [3.63, 3.8) is 0 Å². The molecule has 0 bridgehead atoms. The largest absolute Gasteiger partial charge is 0.462 e. The Kier molecular flexibility index (Phi) is 4.10. The molecule has 22 heavy (non-hydrogen) atoms. The first kappa shape index (κ1) is 14.6. The Hall–Kier alpha value is -2.35. The highest BCUT2D eigenvalue weighted by molar-refractivity contribution is 5.86. The van der Waals surface area contributed by atoms with Gasteiger partial charge in [-0.3, -0.25) is 0 Å². The Morgan fingerprint density at radius 2 is 1.59 bits per heavy atom. The number of hydrogen-bond acceptors (Lipinski definition) is 2. The van der Waals surface area contributed by atoms with Crippen LogP contribution in [0, 0.1) is 0 Å². The highest BCUT2D eigenvalue weighted by Crippen LogP contribution is 2.46. The second-order valence-corrected chi connectivity index (χ2v) is 5.79. The Labute approximate surface area is 131 Å². The summed E-state index contributed by atoms with van der Waals surface area (Å²) in [6.45, 7) is 5.72. The molecule has 0 aromatic heterocycles. The van der Waals surface area contributed by atoms with Gasteiger partial charge in [-0.2, -0.15) is 0 Å². The van der Waals surface area contributed by atoms with Crippen LogP contribution in [-0.4, -0.2) is 12.6 Å². The predicted molar refractivity (Wildman–Crippen MR) is 88.7 cm³/mol. The first-order chi connectivity index (χ1) is 10.7. The van der Waals surface area contributed by atoms with E-state index >= 15 is 0 Å². The Morgan fingerprint density at radius 3 is 2.14 bits per heavy atom. The van der Waals surface area contributed by atoms with Gasteiger partial charge in [0.2, 0.25) is 0 Å². The quantitative estimate of drug-likeness (QED) is 0.453. The molecular weight excluding hydrogens is 272 g/mol. The summed E-state index contributed by atoms with van der Waals surface area (Å²) in [5, 5.41) is 0. The van der Waals surface area contributed by atoms with Gasteiger partial charge in [0, 0.05) is 11.5 Å². The van der Waals surface area contributed by atoms with Crippen LogP contribution < -0.4 is 0 Å². The molecule has 3 rings (SSSR count). The van der Waals surface area contributed by atoms with E-state index in [1.54, 1.807) is 6.92 Å². The molecule has 2 nitrogen and oxygen atoms in total. The fourth-order valence-electron chi connectivity index (χ4n) is 3.15. The number of benzene rings is 2. The molecular formula is C20H20O2. The minimum Gasteiger partial charge on any atom is -0.462 e. The van der Waals surface area contributed by atoms with Gasteiger partial charge >= 0.3 is 5.97 Å². The van der Waals surface area contributed by atoms with Gasteiger partial charge in [-0.05, 0) is 42.0 Å². The van der Waals surface area contributed by atoms with Crippen LogP contribution in [0.4, 0.5) is 0 Å². The third kappa shape index (κ3) is 2.69. The zero-order valence-corrected chi connectivity index (χ0v) is 12.8. The first-order valence-electron chi connectivity index (χ1n) is 7.69. The summed E-state index contributed by atoms with van der Waals surface area (Å²) >= 11 is 0. The van der Waals surface area contributed by atoms with Crippen molar-refractivity contribution in [2.24, 2.45) is 0 Å². The van der Waals surface area contributed by atoms with Crippen molar-refractivity contribution in [2.75, 3.05) is 6.61 Å². The van der Waals surface area contributed by atoms with E-state index in [1.807, 2.05) is 0 Å². The van der Waals surface area contributed by atoms with Gasteiger partial charge in [0.15, 0.2) is 0 Å². The lowest BCUT2D eigenvalue weighted by molar-refractivity contribution is -0.139. The highest BCUT2D eigenvalue weighted by atomic mass is 16.5. The molecule has 0 fully saturated rings. The molecule has 0 heterocycles. The summed E-state index contributed by atoms with van der Waals surface area (Å²) in [5.41, 5.74) is 5.89. The van der Waals surface area contributed by atoms with Crippen LogP contribution >= 0.6 is 0 Å². The van der Waals surface area contributed by atoms with Crippen molar-refractivity contribution in [2.45, 2.75) is 25.7 Å². The predicted octanol–water partition coefficient (Wildman–Crippen LogP) is 4.70. The molecule has 0 amide bonds. The summed E-state index contributed by atoms with van der Waals surface area (Å²) in [5.74, 6) is 0.100. The summed E-state index contributed by atoms with van der Waals surface area (Å²) in [7, 11) is 0. The van der Waals surface area contributed by atoms with E-state index in [-0.39, 0.29) is 5.97 Å². The van der Waals surface area contributed by atoms with Crippen LogP contribution in [0.2, 0.25) is 0 Å². The zero-order chi connectivity index (χ0) is 15.5. The SMILES string of the molecule is C=C(C)C(=O)OCCCC1c2ccccc2-c2ccccc21. The summed E-state index contributed by atoms with van der Waals surface area (Å²) in [6, 6.07) is 17.2. The lowest BCUT2D eigenvalue weighted by Gasteiger charge is -2.13. The number of esters is 1. The van der Waals surface area contributed by atoms with Crippen LogP contribution in [0.15, 0.2) is 60.7 Å². The zero-order valence-electron chi connectivity index (χ0n) is 12.8. The van der Waals surface area contributed by atoms with E-state index in [0.29, 0.717) is 18.1 Å². The number of hydrogen-bond donors (Lipinski definition) is 0. The van der Waals surface area contributed by atoms with Crippen molar-refractivity contribution in [1.29, 1.82) is 0 Å². The maximum absolute atomic E-state index is 11.4. The van der Waals surface area contributed by atoms with Crippen molar-refractivity contribution in [3.8, 4) is 11.1 Å². The minimum atomic E-state index is -0.299. The third-order valence-electron chi connectivity index (χ3n) is 4.18. The van der Waals surface area contributed by atoms with Crippen LogP contribution in [0.5, 0.6) is 0 Å². The van der Waals surface area contributed by atoms with Gasteiger partial charge in [0.25, 0.3) is 0 Å². The molecule has 1 aliphatic rings. The number of ether oxygens (including phenoxy) is 1. The second-order valence-electron chi connectivity index (χ2n) is 5.79. The van der Waals surface area contributed by atoms with E-state index in [9.17, 15) is 4.79 Å². The van der Waals surface area contributed by atoms with Crippen LogP contribution in [-0.2, 0) is 9.53 Å². The summed E-state index contributed by atoms with van der Waals surface area (Å²) in [6.07, 6.45) is 1.84. The molecule has 0 saturated carbocycles. The number of rotatable bonds is 5. The minimum absolute atomic E-state index is 0.299. The van der Waals surface area contributed by atoms with Gasteiger partial charge in [-0.25, -0.2) is 4.79 Å². The van der Waals surface area contributed by atoms with Gasteiger partial charge in [-0.1, -0.05) is 55.1 Å². The van der Waals surface area contributed by atoms with Crippen molar-refractivity contribution >= 4 is 5.97 Å². The summed E-state index contributed by atoms with van der Waals surface area (Å²) in [4.78, 5) is 11.4. The van der Waals surface area contributed by atoms with Crippen LogP contribution in [0.25, 0.3) is 11.1 Å². The monoisotopic (exact) mass is 292 g/mol. The fraction of sp³-hybridized carbons (Fsp3) is 0.250. The molecule has 112 valence electrons. The first-order valence-corrected chi connectivity index (χ1v) is 7.69. The highest BCUT2D eigenvalue weighted by Gasteiger charge is 2.27. The molecule has 0 radical (unpaired) electrons. The average Bonchev–Trinajstić information content (AvgIpc) is 2.86. The maximum atomic E-state index is 11.4. The second kappa shape index (κ2) is 6.18. The molecule has 0 atom stereocenters. The Balaban J connectivity index is 1.72. The van der Waals surface area contributed by atoms with Gasteiger partial charge in [0.05, 0.1) is 6.61 Å². The summed E-state index contributed by atoms with van der Waals surface area (Å²) < 4.78 is 5.20. The molecule has 2 aromatic carbocycles. The molecule has 0 unspecified atom stereocenters. The van der Waals surface area contributed by atoms with E-state index in [2.05, 4.69) is 55.1 Å². The Bertz CT molecular complexity index is 670. The Morgan fingerprint density at radius 1 is 1.05 bits per heavy atom. The topological polar surface area (TPSA) is 26.3 Å². The maximum Gasteiger partial charge on any atom is 0.333 e. The van der Waals surface area contributed by atoms with E-state index in [1.165, 1.54) is 22.3 Å². The van der Waals surface area contributed by atoms with Crippen LogP contribution in [0.3, 0.4) is 0 Å². The number of fused-ring (bicyclic) bond motifs is 3. The van der Waals surface area contributed by atoms with E-state index in [4.69, 9.17) is 4.74 Å². The molecule has 0 aliphatic heterocycles. The third-order valence-corrected chi connectivity index (χ3v) is 4.18. The smallest absolute Gasteiger partial charge is 0.333 e. The van der Waals surface area contributed by atoms with Crippen molar-refractivity contribution in [3.05, 3.63) is 71.8 Å². The molecule has 0 saturated heterocycles. The molecule has 2 heteroatoms. The lowest BCUT2D eigenvalue weighted by atomic mass is 9.92. The van der Waals surface area contributed by atoms with E-state index in [0.717, 1.165) is 12.8 Å². The van der Waals surface area contributed by atoms with Crippen LogP contribution in [0.1, 0.15) is 36.8 Å². The molecule has 0 N–H and O–H groups in total. The van der Waals surface area contributed by atoms with E-state index < -0.39 is 0 Å². The van der Waals surface area contributed by atoms with Crippen molar-refractivity contribution in [1.82, 2.24) is 0 Å². The van der Waals surface area contributed by atoms with Gasteiger partial charge in [0.1, 0.15) is 0 Å². The number of carbonyl (C=O) groups is 1. The van der Waals surface area contributed by atoms with Gasteiger partial charge < -0.3 is 4.74 Å². The molecule has 0 spiro atoms. The number of carbonyl (C=O) groups excluding carboxylic acids is 1. The average molecular weight is 292 g/mol.